The number of benzene rings is 2. The lowest BCUT2D eigenvalue weighted by atomic mass is 9.97. The number of nitrogens with zero attached hydrogens (tertiary/aromatic N) is 1. The number of esters is 1. The van der Waals surface area contributed by atoms with Gasteiger partial charge in [-0.25, -0.2) is 4.79 Å². The summed E-state index contributed by atoms with van der Waals surface area (Å²) in [6, 6.07) is 14.7. The summed E-state index contributed by atoms with van der Waals surface area (Å²) >= 11 is 0. The summed E-state index contributed by atoms with van der Waals surface area (Å²) in [6.07, 6.45) is 0.977. The molecule has 0 saturated heterocycles. The third-order valence-electron chi connectivity index (χ3n) is 4.33. The van der Waals surface area contributed by atoms with Crippen LogP contribution in [0.3, 0.4) is 0 Å². The summed E-state index contributed by atoms with van der Waals surface area (Å²) in [5.74, 6) is -0.524. The van der Waals surface area contributed by atoms with Gasteiger partial charge in [-0.1, -0.05) is 32.0 Å². The quantitative estimate of drug-likeness (QED) is 0.762. The summed E-state index contributed by atoms with van der Waals surface area (Å²) in [7, 11) is 3.85. The van der Waals surface area contributed by atoms with Crippen LogP contribution in [0.15, 0.2) is 48.5 Å². The van der Waals surface area contributed by atoms with Gasteiger partial charge in [-0.05, 0) is 48.2 Å². The lowest BCUT2D eigenvalue weighted by Crippen LogP contribution is -2.21. The molecule has 5 heteroatoms. The molecule has 26 heavy (non-hydrogen) atoms. The molecule has 2 aromatic carbocycles. The Kier molecular flexibility index (Phi) is 6.78. The second-order valence-corrected chi connectivity index (χ2v) is 6.46. The van der Waals surface area contributed by atoms with Crippen molar-refractivity contribution in [2.24, 2.45) is 0 Å². The highest BCUT2D eigenvalue weighted by molar-refractivity contribution is 5.96. The van der Waals surface area contributed by atoms with Crippen molar-refractivity contribution in [3.8, 4) is 0 Å². The van der Waals surface area contributed by atoms with Crippen LogP contribution in [0.1, 0.15) is 42.1 Å². The average Bonchev–Trinajstić information content (AvgIpc) is 2.66. The second kappa shape index (κ2) is 9.04. The van der Waals surface area contributed by atoms with E-state index in [0.717, 1.165) is 23.4 Å². The Balaban J connectivity index is 1.94. The Morgan fingerprint density at radius 2 is 1.73 bits per heavy atom. The molecule has 0 fully saturated rings. The molecule has 0 radical (unpaired) electrons. The van der Waals surface area contributed by atoms with Gasteiger partial charge in [0.25, 0.3) is 5.91 Å². The summed E-state index contributed by atoms with van der Waals surface area (Å²) in [6.45, 7) is 3.90. The molecule has 2 rings (SSSR count). The minimum atomic E-state index is -0.513. The van der Waals surface area contributed by atoms with E-state index in [-0.39, 0.29) is 12.5 Å². The van der Waals surface area contributed by atoms with Crippen LogP contribution in [0.4, 0.5) is 11.4 Å². The van der Waals surface area contributed by atoms with Crippen molar-refractivity contribution in [3.05, 3.63) is 59.7 Å². The van der Waals surface area contributed by atoms with Crippen molar-refractivity contribution in [1.29, 1.82) is 0 Å². The van der Waals surface area contributed by atoms with Gasteiger partial charge >= 0.3 is 5.97 Å². The Hall–Kier alpha value is -2.82. The maximum absolute atomic E-state index is 12.2. The van der Waals surface area contributed by atoms with Crippen molar-refractivity contribution in [2.75, 3.05) is 30.9 Å². The summed E-state index contributed by atoms with van der Waals surface area (Å²) in [5.41, 5.74) is 3.25. The van der Waals surface area contributed by atoms with Crippen LogP contribution in [0.2, 0.25) is 0 Å². The van der Waals surface area contributed by atoms with Crippen molar-refractivity contribution in [2.45, 2.75) is 26.2 Å². The van der Waals surface area contributed by atoms with Gasteiger partial charge in [-0.15, -0.1) is 0 Å². The van der Waals surface area contributed by atoms with E-state index in [1.54, 1.807) is 12.1 Å². The lowest BCUT2D eigenvalue weighted by molar-refractivity contribution is -0.119. The predicted octanol–water partition coefficient (Wildman–Crippen LogP) is 4.06. The van der Waals surface area contributed by atoms with Gasteiger partial charge in [-0.3, -0.25) is 4.79 Å². The first-order chi connectivity index (χ1) is 12.4. The fraction of sp³-hybridized carbons (Fsp3) is 0.333. The van der Waals surface area contributed by atoms with Crippen molar-refractivity contribution < 1.29 is 14.3 Å². The fourth-order valence-corrected chi connectivity index (χ4v) is 2.56. The maximum atomic E-state index is 12.2. The maximum Gasteiger partial charge on any atom is 0.338 e. The van der Waals surface area contributed by atoms with E-state index in [4.69, 9.17) is 4.74 Å². The molecule has 0 spiro atoms. The van der Waals surface area contributed by atoms with Gasteiger partial charge in [-0.2, -0.15) is 0 Å². The van der Waals surface area contributed by atoms with E-state index >= 15 is 0 Å². The SMILES string of the molecule is CC[C@@H](C)c1ccccc1NC(=O)COC(=O)c1ccc(N(C)C)cc1. The molecular formula is C21H26N2O3. The molecule has 0 aliphatic rings. The molecule has 0 aromatic heterocycles. The van der Waals surface area contributed by atoms with E-state index in [2.05, 4.69) is 19.2 Å². The van der Waals surface area contributed by atoms with Crippen LogP contribution in [0.5, 0.6) is 0 Å². The first-order valence-corrected chi connectivity index (χ1v) is 8.75. The first kappa shape index (κ1) is 19.5. The molecular weight excluding hydrogens is 328 g/mol. The standard InChI is InChI=1S/C21H26N2O3/c1-5-15(2)18-8-6-7-9-19(18)22-20(24)14-26-21(25)16-10-12-17(13-11-16)23(3)4/h6-13,15H,5,14H2,1-4H3,(H,22,24)/t15-/m1/s1. The largest absolute Gasteiger partial charge is 0.452 e. The van der Waals surface area contributed by atoms with Crippen LogP contribution >= 0.6 is 0 Å². The van der Waals surface area contributed by atoms with E-state index in [0.29, 0.717) is 11.5 Å². The van der Waals surface area contributed by atoms with Gasteiger partial charge < -0.3 is 15.0 Å². The van der Waals surface area contributed by atoms with Crippen molar-refractivity contribution in [3.63, 3.8) is 0 Å². The summed E-state index contributed by atoms with van der Waals surface area (Å²) < 4.78 is 5.12. The molecule has 0 bridgehead atoms. The number of hydrogen-bond donors (Lipinski definition) is 1. The molecule has 1 amide bonds. The van der Waals surface area contributed by atoms with Crippen LogP contribution in [0, 0.1) is 0 Å². The third-order valence-corrected chi connectivity index (χ3v) is 4.33. The summed E-state index contributed by atoms with van der Waals surface area (Å²) in [5, 5.41) is 2.83. The van der Waals surface area contributed by atoms with Gasteiger partial charge in [0.05, 0.1) is 5.56 Å². The van der Waals surface area contributed by atoms with Gasteiger partial charge in [0, 0.05) is 25.5 Å². The topological polar surface area (TPSA) is 58.6 Å². The number of carbonyl (C=O) groups excluding carboxylic acids is 2. The number of ether oxygens (including phenoxy) is 1. The number of para-hydroxylation sites is 1. The Bertz CT molecular complexity index is 754. The van der Waals surface area contributed by atoms with E-state index in [9.17, 15) is 9.59 Å². The second-order valence-electron chi connectivity index (χ2n) is 6.46. The minimum Gasteiger partial charge on any atom is -0.452 e. The predicted molar refractivity (Wildman–Crippen MR) is 105 cm³/mol. The minimum absolute atomic E-state index is 0.316. The van der Waals surface area contributed by atoms with E-state index in [1.807, 2.05) is 55.4 Å². The van der Waals surface area contributed by atoms with Crippen molar-refractivity contribution >= 4 is 23.3 Å². The Morgan fingerprint density at radius 1 is 1.08 bits per heavy atom. The van der Waals surface area contributed by atoms with Gasteiger partial charge in [0.15, 0.2) is 6.61 Å². The first-order valence-electron chi connectivity index (χ1n) is 8.75. The van der Waals surface area contributed by atoms with E-state index in [1.165, 1.54) is 0 Å². The smallest absolute Gasteiger partial charge is 0.338 e. The number of rotatable bonds is 7. The number of nitrogens with one attached hydrogen (secondary N) is 1. The molecule has 0 unspecified atom stereocenters. The van der Waals surface area contributed by atoms with Crippen LogP contribution in [0.25, 0.3) is 0 Å². The molecule has 1 atom stereocenters. The highest BCUT2D eigenvalue weighted by Gasteiger charge is 2.13. The highest BCUT2D eigenvalue weighted by Crippen LogP contribution is 2.26. The fourth-order valence-electron chi connectivity index (χ4n) is 2.56. The zero-order valence-corrected chi connectivity index (χ0v) is 15.8. The molecule has 0 aliphatic heterocycles. The molecule has 2 aromatic rings. The molecule has 0 heterocycles. The number of carbonyl (C=O) groups is 2. The van der Waals surface area contributed by atoms with Crippen molar-refractivity contribution in [1.82, 2.24) is 0 Å². The molecule has 1 N–H and O–H groups in total. The van der Waals surface area contributed by atoms with Crippen LogP contribution < -0.4 is 10.2 Å². The van der Waals surface area contributed by atoms with E-state index < -0.39 is 5.97 Å². The zero-order valence-electron chi connectivity index (χ0n) is 15.8. The highest BCUT2D eigenvalue weighted by atomic mass is 16.5. The Morgan fingerprint density at radius 3 is 2.35 bits per heavy atom. The van der Waals surface area contributed by atoms with Gasteiger partial charge in [0.1, 0.15) is 0 Å². The molecule has 0 saturated carbocycles. The monoisotopic (exact) mass is 354 g/mol. The third kappa shape index (κ3) is 5.09. The van der Waals surface area contributed by atoms with Gasteiger partial charge in [0.2, 0.25) is 0 Å². The normalized spacial score (nSPS) is 11.5. The van der Waals surface area contributed by atoms with Crippen LogP contribution in [-0.4, -0.2) is 32.6 Å². The lowest BCUT2D eigenvalue weighted by Gasteiger charge is -2.15. The molecule has 138 valence electrons. The number of amides is 1. The molecule has 5 nitrogen and oxygen atoms in total. The summed E-state index contributed by atoms with van der Waals surface area (Å²) in [4.78, 5) is 26.2. The average molecular weight is 354 g/mol. The Labute approximate surface area is 155 Å². The molecule has 0 aliphatic carbocycles. The number of hydrogen-bond acceptors (Lipinski definition) is 4. The van der Waals surface area contributed by atoms with Crippen LogP contribution in [-0.2, 0) is 9.53 Å². The number of anilines is 2. The zero-order chi connectivity index (χ0) is 19.1.